The quantitative estimate of drug-likeness (QED) is 0.422. The van der Waals surface area contributed by atoms with E-state index < -0.39 is 20.5 Å². The topological polar surface area (TPSA) is 85.0 Å². The minimum Gasteiger partial charge on any atom is -0.461 e. The maximum atomic E-state index is 12.6. The molecule has 0 saturated heterocycles. The van der Waals surface area contributed by atoms with Gasteiger partial charge in [-0.1, -0.05) is 42.5 Å². The van der Waals surface area contributed by atoms with Gasteiger partial charge in [0.05, 0.1) is 4.90 Å². The van der Waals surface area contributed by atoms with Gasteiger partial charge >= 0.3 is 29.6 Å². The van der Waals surface area contributed by atoms with Crippen LogP contribution >= 0.6 is 11.6 Å². The van der Waals surface area contributed by atoms with Crippen molar-refractivity contribution in [2.75, 3.05) is 0 Å². The molecule has 1 aromatic rings. The van der Waals surface area contributed by atoms with Gasteiger partial charge in [0.25, 0.3) is 0 Å². The molecule has 1 aliphatic rings. The zero-order valence-corrected chi connectivity index (χ0v) is 16.8. The number of benzene rings is 1. The molecule has 0 aromatic heterocycles. The summed E-state index contributed by atoms with van der Waals surface area (Å²) in [6.45, 7) is 1.71. The molecule has 1 heterocycles. The van der Waals surface area contributed by atoms with E-state index >= 15 is 0 Å². The van der Waals surface area contributed by atoms with Crippen molar-refractivity contribution in [2.24, 2.45) is 5.92 Å². The minimum absolute atomic E-state index is 0. The van der Waals surface area contributed by atoms with Crippen LogP contribution in [-0.4, -0.2) is 18.0 Å². The molecule has 0 bridgehead atoms. The summed E-state index contributed by atoms with van der Waals surface area (Å²) in [5.41, 5.74) is 0.648. The Bertz CT molecular complexity index is 811. The Morgan fingerprint density at radius 1 is 1.25 bits per heavy atom. The number of rotatable bonds is 4. The summed E-state index contributed by atoms with van der Waals surface area (Å²) in [5, 5.41) is 17.8. The summed E-state index contributed by atoms with van der Waals surface area (Å²) < 4.78 is 24.0. The van der Waals surface area contributed by atoms with Crippen LogP contribution in [-0.2, 0) is 9.84 Å². The zero-order valence-electron chi connectivity index (χ0n) is 13.2. The number of alkyl halides is 1. The van der Waals surface area contributed by atoms with Crippen LogP contribution in [0.5, 0.6) is 0 Å². The molecule has 24 heavy (non-hydrogen) atoms. The second-order valence-electron chi connectivity index (χ2n) is 4.93. The Hall–Kier alpha value is -1.41. The smallest absolute Gasteiger partial charge is 0.461 e. The van der Waals surface area contributed by atoms with Crippen LogP contribution in [0, 0.1) is 34.6 Å². The molecule has 0 saturated carbocycles. The predicted octanol–water partition coefficient (Wildman–Crippen LogP) is -0.0424. The maximum absolute atomic E-state index is 12.6. The van der Waals surface area contributed by atoms with E-state index in [-0.39, 0.29) is 40.5 Å². The van der Waals surface area contributed by atoms with Gasteiger partial charge in [0, 0.05) is 5.92 Å². The molecule has 0 aliphatic carbocycles. The van der Waals surface area contributed by atoms with Crippen molar-refractivity contribution in [2.45, 2.75) is 16.5 Å². The van der Waals surface area contributed by atoms with E-state index in [4.69, 9.17) is 22.1 Å². The fourth-order valence-electron chi connectivity index (χ4n) is 2.19. The molecule has 0 radical (unpaired) electrons. The summed E-state index contributed by atoms with van der Waals surface area (Å²) in [5.74, 6) is -0.545. The maximum Gasteiger partial charge on any atom is 1.00 e. The van der Waals surface area contributed by atoms with Crippen molar-refractivity contribution >= 4 is 21.4 Å². The number of hydrogen-bond donors (Lipinski definition) is 0. The predicted molar refractivity (Wildman–Crippen MR) is 86.0 cm³/mol. The van der Waals surface area contributed by atoms with Gasteiger partial charge in [0.15, 0.2) is 9.84 Å². The Morgan fingerprint density at radius 3 is 2.33 bits per heavy atom. The third-order valence-electron chi connectivity index (χ3n) is 3.44. The first-order valence-electron chi connectivity index (χ1n) is 6.67. The molecular weight excluding hydrogens is 357 g/mol. The molecule has 0 N–H and O–H groups in total. The standard InChI is InChI=1S/C16H13ClN3O2S.Na/c1-12-11-20(13(9-18)10-19)8-7-15(12)16(17)23(21,22)14-5-3-2-4-6-14;/h2-8,11,15-16H,1H3;/q-1;+1. The van der Waals surface area contributed by atoms with E-state index in [1.807, 2.05) is 0 Å². The summed E-state index contributed by atoms with van der Waals surface area (Å²) in [6.07, 6.45) is 4.61. The third kappa shape index (κ3) is 4.16. The van der Waals surface area contributed by atoms with E-state index in [1.54, 1.807) is 49.5 Å². The van der Waals surface area contributed by atoms with Crippen molar-refractivity contribution in [3.63, 3.8) is 0 Å². The third-order valence-corrected chi connectivity index (χ3v) is 6.23. The summed E-state index contributed by atoms with van der Waals surface area (Å²) in [7, 11) is -3.70. The molecule has 1 aliphatic heterocycles. The fourth-order valence-corrected chi connectivity index (χ4v) is 4.27. The second-order valence-corrected chi connectivity index (χ2v) is 7.73. The molecule has 2 rings (SSSR count). The van der Waals surface area contributed by atoms with Crippen LogP contribution in [0.4, 0.5) is 0 Å². The monoisotopic (exact) mass is 369 g/mol. The van der Waals surface area contributed by atoms with E-state index in [0.717, 1.165) is 0 Å². The average Bonchev–Trinajstić information content (AvgIpc) is 2.56. The van der Waals surface area contributed by atoms with Crippen molar-refractivity contribution in [3.8, 4) is 12.1 Å². The average molecular weight is 370 g/mol. The van der Waals surface area contributed by atoms with Crippen LogP contribution in [0.15, 0.2) is 59.3 Å². The number of nitriles is 2. The van der Waals surface area contributed by atoms with Gasteiger partial charge in [0.2, 0.25) is 0 Å². The van der Waals surface area contributed by atoms with Crippen molar-refractivity contribution in [1.29, 1.82) is 10.5 Å². The molecular formula is C16H13ClN3NaO2S. The Kier molecular flexibility index (Phi) is 7.41. The molecule has 2 unspecified atom stereocenters. The first-order chi connectivity index (χ1) is 10.9. The molecule has 1 aromatic carbocycles. The van der Waals surface area contributed by atoms with Crippen LogP contribution < -0.4 is 29.6 Å². The van der Waals surface area contributed by atoms with E-state index in [0.29, 0.717) is 5.57 Å². The number of hydrogen-bond acceptors (Lipinski definition) is 5. The SMILES string of the molecule is CC1=CN([C-](C#N)C#N)C=CC1C(Cl)S(=O)(=O)c1ccccc1.[Na+]. The van der Waals surface area contributed by atoms with Gasteiger partial charge in [-0.3, -0.25) is 0 Å². The van der Waals surface area contributed by atoms with Gasteiger partial charge in [0.1, 0.15) is 4.71 Å². The summed E-state index contributed by atoms with van der Waals surface area (Å²) in [4.78, 5) is 1.51. The van der Waals surface area contributed by atoms with Crippen LogP contribution in [0.25, 0.3) is 0 Å². The van der Waals surface area contributed by atoms with E-state index in [1.165, 1.54) is 23.2 Å². The van der Waals surface area contributed by atoms with Crippen LogP contribution in [0.3, 0.4) is 0 Å². The number of nitrogens with zero attached hydrogens (tertiary/aromatic N) is 3. The van der Waals surface area contributed by atoms with E-state index in [2.05, 4.69) is 0 Å². The van der Waals surface area contributed by atoms with Crippen LogP contribution in [0.2, 0.25) is 0 Å². The summed E-state index contributed by atoms with van der Waals surface area (Å²) >= 11 is 6.24. The zero-order chi connectivity index (χ0) is 17.0. The fraction of sp³-hybridized carbons (Fsp3) is 0.188. The van der Waals surface area contributed by atoms with E-state index in [9.17, 15) is 8.42 Å². The second kappa shape index (κ2) is 8.62. The largest absolute Gasteiger partial charge is 1.00 e. The number of allylic oxidation sites excluding steroid dienone is 2. The molecule has 8 heteroatoms. The van der Waals surface area contributed by atoms with Gasteiger partial charge < -0.3 is 4.90 Å². The normalized spacial score (nSPS) is 17.8. The molecule has 0 fully saturated rings. The van der Waals surface area contributed by atoms with Crippen LogP contribution in [0.1, 0.15) is 6.92 Å². The van der Waals surface area contributed by atoms with Crippen molar-refractivity contribution in [1.82, 2.24) is 4.90 Å². The van der Waals surface area contributed by atoms with Crippen molar-refractivity contribution < 1.29 is 38.0 Å². The first kappa shape index (κ1) is 20.6. The van der Waals surface area contributed by atoms with Gasteiger partial charge in [-0.25, -0.2) is 18.9 Å². The molecule has 118 valence electrons. The van der Waals surface area contributed by atoms with Gasteiger partial charge in [-0.05, 0) is 37.0 Å². The number of sulfone groups is 1. The Morgan fingerprint density at radius 2 is 1.83 bits per heavy atom. The molecule has 2 atom stereocenters. The minimum atomic E-state index is -3.70. The molecule has 5 nitrogen and oxygen atoms in total. The molecule has 0 amide bonds. The Balaban J connectivity index is 0.00000288. The first-order valence-corrected chi connectivity index (χ1v) is 8.65. The van der Waals surface area contributed by atoms with Gasteiger partial charge in [-0.2, -0.15) is 0 Å². The molecule has 0 spiro atoms. The summed E-state index contributed by atoms with van der Waals surface area (Å²) in [6, 6.07) is 11.5. The number of halogens is 1. The van der Waals surface area contributed by atoms with Gasteiger partial charge in [-0.15, -0.1) is 11.6 Å². The Labute approximate surface area is 169 Å². The van der Waals surface area contributed by atoms with Crippen molar-refractivity contribution in [3.05, 3.63) is 60.4 Å².